The average Bonchev–Trinajstić information content (AvgIpc) is 2.68. The molecule has 2 aromatic rings. The van der Waals surface area contributed by atoms with Gasteiger partial charge in [-0.3, -0.25) is 9.59 Å². The maximum Gasteiger partial charge on any atom is 0.280 e. The minimum atomic E-state index is -1.68. The molecule has 0 fully saturated rings. The summed E-state index contributed by atoms with van der Waals surface area (Å²) in [7, 11) is 3.04. The molecule has 0 aliphatic carbocycles. The van der Waals surface area contributed by atoms with Crippen LogP contribution in [0.5, 0.6) is 17.2 Å². The van der Waals surface area contributed by atoms with Gasteiger partial charge in [0.1, 0.15) is 5.75 Å². The van der Waals surface area contributed by atoms with E-state index in [9.17, 15) is 9.59 Å². The fourth-order valence-corrected chi connectivity index (χ4v) is 3.02. The van der Waals surface area contributed by atoms with E-state index in [1.165, 1.54) is 21.1 Å². The number of anilines is 2. The number of nitrogens with zero attached hydrogens (tertiary/aromatic N) is 1. The molecule has 7 heteroatoms. The van der Waals surface area contributed by atoms with Gasteiger partial charge in [0, 0.05) is 18.3 Å². The van der Waals surface area contributed by atoms with Gasteiger partial charge in [0.15, 0.2) is 11.5 Å². The minimum absolute atomic E-state index is 0.415. The van der Waals surface area contributed by atoms with Crippen LogP contribution >= 0.6 is 0 Å². The quantitative estimate of drug-likeness (QED) is 0.819. The lowest BCUT2D eigenvalue weighted by molar-refractivity contribution is -0.145. The third-order valence-electron chi connectivity index (χ3n) is 4.51. The molecule has 7 nitrogen and oxygen atoms in total. The third kappa shape index (κ3) is 3.16. The maximum atomic E-state index is 13.0. The molecule has 1 N–H and O–H groups in total. The first-order valence-electron chi connectivity index (χ1n) is 8.58. The van der Waals surface area contributed by atoms with Gasteiger partial charge >= 0.3 is 0 Å². The molecule has 0 spiro atoms. The number of carbonyl (C=O) groups is 2. The molecule has 142 valence electrons. The van der Waals surface area contributed by atoms with E-state index in [4.69, 9.17) is 14.2 Å². The number of fused-ring (bicyclic) bond motifs is 1. The summed E-state index contributed by atoms with van der Waals surface area (Å²) in [6, 6.07) is 12.1. The summed E-state index contributed by atoms with van der Waals surface area (Å²) in [5, 5.41) is 2.74. The number of hydrogen-bond donors (Lipinski definition) is 1. The highest BCUT2D eigenvalue weighted by Gasteiger charge is 2.50. The van der Waals surface area contributed by atoms with Gasteiger partial charge in [0.05, 0.1) is 19.9 Å². The van der Waals surface area contributed by atoms with Crippen molar-refractivity contribution < 1.29 is 23.8 Å². The minimum Gasteiger partial charge on any atom is -0.493 e. The monoisotopic (exact) mass is 370 g/mol. The summed E-state index contributed by atoms with van der Waals surface area (Å²) in [5.41, 5.74) is -0.559. The van der Waals surface area contributed by atoms with Crippen LogP contribution < -0.4 is 24.4 Å². The first-order valence-corrected chi connectivity index (χ1v) is 8.58. The lowest BCUT2D eigenvalue weighted by atomic mass is 9.99. The maximum absolute atomic E-state index is 13.0. The van der Waals surface area contributed by atoms with Gasteiger partial charge < -0.3 is 24.4 Å². The molecule has 1 aliphatic rings. The van der Waals surface area contributed by atoms with Crippen LogP contribution in [0.2, 0.25) is 0 Å². The Morgan fingerprint density at radius 1 is 1.15 bits per heavy atom. The van der Waals surface area contributed by atoms with Crippen LogP contribution in [0.3, 0.4) is 0 Å². The van der Waals surface area contributed by atoms with E-state index in [-0.39, 0.29) is 0 Å². The van der Waals surface area contributed by atoms with E-state index in [1.807, 2.05) is 13.0 Å². The first kappa shape index (κ1) is 18.6. The number of hydrogen-bond acceptors (Lipinski definition) is 5. The van der Waals surface area contributed by atoms with Crippen molar-refractivity contribution in [1.29, 1.82) is 0 Å². The van der Waals surface area contributed by atoms with Crippen LogP contribution in [0.1, 0.15) is 13.8 Å². The van der Waals surface area contributed by atoms with E-state index in [2.05, 4.69) is 5.32 Å². The van der Waals surface area contributed by atoms with Crippen molar-refractivity contribution >= 4 is 23.2 Å². The summed E-state index contributed by atoms with van der Waals surface area (Å²) in [4.78, 5) is 27.5. The number of benzene rings is 2. The Hall–Kier alpha value is -3.22. The molecule has 0 bridgehead atoms. The molecule has 0 saturated carbocycles. The predicted molar refractivity (Wildman–Crippen MR) is 102 cm³/mol. The van der Waals surface area contributed by atoms with Gasteiger partial charge in [-0.05, 0) is 38.1 Å². The van der Waals surface area contributed by atoms with Crippen molar-refractivity contribution in [1.82, 2.24) is 0 Å². The highest BCUT2D eigenvalue weighted by Crippen LogP contribution is 2.38. The van der Waals surface area contributed by atoms with Gasteiger partial charge in [-0.1, -0.05) is 12.1 Å². The Morgan fingerprint density at radius 3 is 2.52 bits per heavy atom. The summed E-state index contributed by atoms with van der Waals surface area (Å²) in [6.45, 7) is 3.76. The van der Waals surface area contributed by atoms with Gasteiger partial charge in [0.2, 0.25) is 0 Å². The molecule has 1 unspecified atom stereocenters. The van der Waals surface area contributed by atoms with Crippen LogP contribution in [0, 0.1) is 0 Å². The first-order chi connectivity index (χ1) is 12.9. The van der Waals surface area contributed by atoms with E-state index in [1.54, 1.807) is 41.3 Å². The number of rotatable bonds is 5. The van der Waals surface area contributed by atoms with E-state index in [0.717, 1.165) is 0 Å². The normalized spacial score (nSPS) is 18.4. The molecule has 0 saturated heterocycles. The second kappa shape index (κ2) is 7.19. The smallest absolute Gasteiger partial charge is 0.280 e. The number of likely N-dealkylation sites (N-methyl/N-ethyl adjacent to an activating group) is 1. The van der Waals surface area contributed by atoms with Crippen LogP contribution in [0.15, 0.2) is 42.5 Å². The van der Waals surface area contributed by atoms with Crippen molar-refractivity contribution in [2.45, 2.75) is 19.4 Å². The van der Waals surface area contributed by atoms with Crippen molar-refractivity contribution in [3.05, 3.63) is 42.5 Å². The molecule has 27 heavy (non-hydrogen) atoms. The average molecular weight is 370 g/mol. The Kier molecular flexibility index (Phi) is 4.94. The Balaban J connectivity index is 1.91. The molecule has 0 aromatic heterocycles. The van der Waals surface area contributed by atoms with E-state index in [0.29, 0.717) is 35.2 Å². The zero-order valence-corrected chi connectivity index (χ0v) is 15.7. The summed E-state index contributed by atoms with van der Waals surface area (Å²) in [5.74, 6) is 0.521. The number of ether oxygens (including phenoxy) is 3. The molecule has 1 atom stereocenters. The van der Waals surface area contributed by atoms with E-state index >= 15 is 0 Å². The second-order valence-corrected chi connectivity index (χ2v) is 6.18. The number of nitrogens with one attached hydrogen (secondary N) is 1. The zero-order valence-electron chi connectivity index (χ0n) is 15.7. The Bertz CT molecular complexity index is 882. The van der Waals surface area contributed by atoms with Gasteiger partial charge in [0.25, 0.3) is 17.4 Å². The van der Waals surface area contributed by atoms with Gasteiger partial charge in [-0.2, -0.15) is 0 Å². The fraction of sp³-hybridized carbons (Fsp3) is 0.300. The molecule has 2 aromatic carbocycles. The number of para-hydroxylation sites is 2. The molecule has 1 heterocycles. The summed E-state index contributed by atoms with van der Waals surface area (Å²) < 4.78 is 16.3. The fourth-order valence-electron chi connectivity index (χ4n) is 3.02. The van der Waals surface area contributed by atoms with Gasteiger partial charge in [-0.25, -0.2) is 0 Å². The predicted octanol–water partition coefficient (Wildman–Crippen LogP) is 2.85. The standard InChI is InChI=1S/C20H22N2O5/c1-5-22-14-8-6-7-9-15(14)27-20(2,19(22)24)18(23)21-13-10-11-16(25-3)17(12-13)26-4/h6-12H,5H2,1-4H3,(H,21,23). The summed E-state index contributed by atoms with van der Waals surface area (Å²) in [6.07, 6.45) is 0. The van der Waals surface area contributed by atoms with Crippen LogP contribution in [-0.4, -0.2) is 38.2 Å². The lowest BCUT2D eigenvalue weighted by Crippen LogP contribution is -2.60. The number of methoxy groups -OCH3 is 2. The van der Waals surface area contributed by atoms with Crippen LogP contribution in [-0.2, 0) is 9.59 Å². The molecule has 0 radical (unpaired) electrons. The molecular weight excluding hydrogens is 348 g/mol. The second-order valence-electron chi connectivity index (χ2n) is 6.18. The molecule has 2 amide bonds. The van der Waals surface area contributed by atoms with Gasteiger partial charge in [-0.15, -0.1) is 0 Å². The molecule has 1 aliphatic heterocycles. The van der Waals surface area contributed by atoms with Crippen molar-refractivity contribution in [3.63, 3.8) is 0 Å². The van der Waals surface area contributed by atoms with Crippen molar-refractivity contribution in [3.8, 4) is 17.2 Å². The lowest BCUT2D eigenvalue weighted by Gasteiger charge is -2.39. The summed E-state index contributed by atoms with van der Waals surface area (Å²) >= 11 is 0. The zero-order chi connectivity index (χ0) is 19.6. The molecular formula is C20H22N2O5. The Morgan fingerprint density at radius 2 is 1.85 bits per heavy atom. The third-order valence-corrected chi connectivity index (χ3v) is 4.51. The van der Waals surface area contributed by atoms with E-state index < -0.39 is 17.4 Å². The number of carbonyl (C=O) groups excluding carboxylic acids is 2. The highest BCUT2D eigenvalue weighted by atomic mass is 16.5. The van der Waals surface area contributed by atoms with Crippen molar-refractivity contribution in [2.24, 2.45) is 0 Å². The Labute approximate surface area is 157 Å². The number of amides is 2. The van der Waals surface area contributed by atoms with Crippen LogP contribution in [0.4, 0.5) is 11.4 Å². The van der Waals surface area contributed by atoms with Crippen LogP contribution in [0.25, 0.3) is 0 Å². The highest BCUT2D eigenvalue weighted by molar-refractivity contribution is 6.19. The van der Waals surface area contributed by atoms with Crippen molar-refractivity contribution in [2.75, 3.05) is 31.0 Å². The molecule has 3 rings (SSSR count). The largest absolute Gasteiger partial charge is 0.493 e. The topological polar surface area (TPSA) is 77.1 Å². The SMILES string of the molecule is CCN1C(=O)C(C)(C(=O)Nc2ccc(OC)c(OC)c2)Oc2ccccc21.